The van der Waals surface area contributed by atoms with Crippen LogP contribution in [0.4, 0.5) is 0 Å². The van der Waals surface area contributed by atoms with E-state index in [0.29, 0.717) is 0 Å². The van der Waals surface area contributed by atoms with E-state index < -0.39 is 6.10 Å². The van der Waals surface area contributed by atoms with Crippen LogP contribution in [-0.2, 0) is 6.54 Å². The first-order valence-corrected chi connectivity index (χ1v) is 6.68. The summed E-state index contributed by atoms with van der Waals surface area (Å²) < 4.78 is 0. The van der Waals surface area contributed by atoms with Crippen LogP contribution in [0.3, 0.4) is 0 Å². The molecular formula is C16H22N2O. The molecular weight excluding hydrogens is 236 g/mol. The molecule has 1 aromatic carbocycles. The van der Waals surface area contributed by atoms with Gasteiger partial charge in [-0.2, -0.15) is 0 Å². The number of benzene rings is 1. The molecule has 2 N–H and O–H groups in total. The van der Waals surface area contributed by atoms with Gasteiger partial charge in [0.25, 0.3) is 0 Å². The van der Waals surface area contributed by atoms with E-state index in [4.69, 9.17) is 0 Å². The molecule has 0 amide bonds. The second-order valence-corrected chi connectivity index (χ2v) is 5.69. The summed E-state index contributed by atoms with van der Waals surface area (Å²) in [6.45, 7) is 8.56. The number of hydrogen-bond donors (Lipinski definition) is 2. The van der Waals surface area contributed by atoms with E-state index in [2.05, 4.69) is 22.4 Å². The van der Waals surface area contributed by atoms with Gasteiger partial charge in [-0.25, -0.2) is 0 Å². The molecule has 0 aliphatic heterocycles. The molecule has 0 fully saturated rings. The Morgan fingerprint density at radius 2 is 2.00 bits per heavy atom. The fourth-order valence-electron chi connectivity index (χ4n) is 2.01. The van der Waals surface area contributed by atoms with Gasteiger partial charge in [0.05, 0.1) is 11.6 Å². The Balaban J connectivity index is 2.30. The van der Waals surface area contributed by atoms with Gasteiger partial charge in [0.1, 0.15) is 0 Å². The summed E-state index contributed by atoms with van der Waals surface area (Å²) in [6, 6.07) is 10.3. The third-order valence-corrected chi connectivity index (χ3v) is 3.71. The third-order valence-electron chi connectivity index (χ3n) is 3.71. The van der Waals surface area contributed by atoms with Crippen molar-refractivity contribution in [2.24, 2.45) is 0 Å². The number of nitrogens with one attached hydrogen (secondary N) is 1. The number of nitrogens with zero attached hydrogens (tertiary/aromatic N) is 1. The number of rotatable bonds is 4. The maximum absolute atomic E-state index is 9.75. The van der Waals surface area contributed by atoms with Gasteiger partial charge in [-0.15, -0.1) is 0 Å². The summed E-state index contributed by atoms with van der Waals surface area (Å²) in [5, 5.41) is 14.3. The number of para-hydroxylation sites is 1. The number of aryl methyl sites for hydroxylation is 1. The van der Waals surface area contributed by atoms with Crippen LogP contribution in [0.5, 0.6) is 0 Å². The minimum atomic E-state index is -0.401. The van der Waals surface area contributed by atoms with E-state index in [1.807, 2.05) is 45.9 Å². The Labute approximate surface area is 114 Å². The van der Waals surface area contributed by atoms with Crippen molar-refractivity contribution in [2.75, 3.05) is 0 Å². The Bertz CT molecular complexity index is 576. The van der Waals surface area contributed by atoms with Crippen LogP contribution in [-0.4, -0.2) is 21.7 Å². The third kappa shape index (κ3) is 3.11. The molecule has 0 aliphatic rings. The summed E-state index contributed by atoms with van der Waals surface area (Å²) in [6.07, 6.45) is -0.401. The average Bonchev–Trinajstić information content (AvgIpc) is 2.35. The van der Waals surface area contributed by atoms with Crippen molar-refractivity contribution in [2.45, 2.75) is 45.9 Å². The van der Waals surface area contributed by atoms with Crippen molar-refractivity contribution >= 4 is 10.9 Å². The van der Waals surface area contributed by atoms with Gasteiger partial charge < -0.3 is 10.4 Å². The summed E-state index contributed by atoms with van der Waals surface area (Å²) in [7, 11) is 0. The molecule has 0 bridgehead atoms. The number of aliphatic hydroxyl groups excluding tert-OH is 1. The maximum Gasteiger partial charge on any atom is 0.0708 e. The second kappa shape index (κ2) is 5.27. The second-order valence-electron chi connectivity index (χ2n) is 5.69. The SMILES string of the molecule is Cc1cc(CNC(C)(C)C(C)O)c2ccccc2n1. The highest BCUT2D eigenvalue weighted by molar-refractivity contribution is 5.82. The first-order chi connectivity index (χ1) is 8.90. The predicted molar refractivity (Wildman–Crippen MR) is 79.1 cm³/mol. The molecule has 0 saturated carbocycles. The molecule has 1 heterocycles. The van der Waals surface area contributed by atoms with Crippen molar-refractivity contribution in [3.8, 4) is 0 Å². The lowest BCUT2D eigenvalue weighted by Crippen LogP contribution is -2.47. The predicted octanol–water partition coefficient (Wildman–Crippen LogP) is 2.79. The first-order valence-electron chi connectivity index (χ1n) is 6.68. The van der Waals surface area contributed by atoms with Gasteiger partial charge >= 0.3 is 0 Å². The molecule has 1 unspecified atom stereocenters. The lowest BCUT2D eigenvalue weighted by molar-refractivity contribution is 0.0957. The largest absolute Gasteiger partial charge is 0.392 e. The monoisotopic (exact) mass is 258 g/mol. The van der Waals surface area contributed by atoms with Crippen LogP contribution < -0.4 is 5.32 Å². The summed E-state index contributed by atoms with van der Waals surface area (Å²) in [4.78, 5) is 4.54. The van der Waals surface area contributed by atoms with E-state index in [9.17, 15) is 5.11 Å². The van der Waals surface area contributed by atoms with Crippen LogP contribution in [0.2, 0.25) is 0 Å². The lowest BCUT2D eigenvalue weighted by atomic mass is 9.98. The number of aromatic nitrogens is 1. The van der Waals surface area contributed by atoms with Gasteiger partial charge in [-0.05, 0) is 45.4 Å². The van der Waals surface area contributed by atoms with Crippen LogP contribution in [0.1, 0.15) is 32.0 Å². The van der Waals surface area contributed by atoms with Gasteiger partial charge in [-0.3, -0.25) is 4.98 Å². The molecule has 3 nitrogen and oxygen atoms in total. The topological polar surface area (TPSA) is 45.1 Å². The smallest absolute Gasteiger partial charge is 0.0708 e. The molecule has 2 rings (SSSR count). The molecule has 0 spiro atoms. The van der Waals surface area contributed by atoms with Crippen LogP contribution >= 0.6 is 0 Å². The summed E-state index contributed by atoms with van der Waals surface area (Å²) >= 11 is 0. The minimum absolute atomic E-state index is 0.307. The van der Waals surface area contributed by atoms with Crippen molar-refractivity contribution in [1.82, 2.24) is 10.3 Å². The van der Waals surface area contributed by atoms with Gasteiger partial charge in [0.15, 0.2) is 0 Å². The zero-order valence-corrected chi connectivity index (χ0v) is 12.1. The average molecular weight is 258 g/mol. The lowest BCUT2D eigenvalue weighted by Gasteiger charge is -2.29. The van der Waals surface area contributed by atoms with E-state index in [1.54, 1.807) is 0 Å². The fraction of sp³-hybridized carbons (Fsp3) is 0.438. The molecule has 0 radical (unpaired) electrons. The molecule has 2 aromatic rings. The highest BCUT2D eigenvalue weighted by atomic mass is 16.3. The van der Waals surface area contributed by atoms with Crippen molar-refractivity contribution in [1.29, 1.82) is 0 Å². The highest BCUT2D eigenvalue weighted by Gasteiger charge is 2.23. The Morgan fingerprint density at radius 3 is 2.68 bits per heavy atom. The van der Waals surface area contributed by atoms with Crippen LogP contribution in [0.15, 0.2) is 30.3 Å². The van der Waals surface area contributed by atoms with E-state index in [1.165, 1.54) is 10.9 Å². The van der Waals surface area contributed by atoms with Crippen molar-refractivity contribution in [3.63, 3.8) is 0 Å². The van der Waals surface area contributed by atoms with Crippen LogP contribution in [0, 0.1) is 6.92 Å². The fourth-order valence-corrected chi connectivity index (χ4v) is 2.01. The van der Waals surface area contributed by atoms with E-state index >= 15 is 0 Å². The van der Waals surface area contributed by atoms with Crippen LogP contribution in [0.25, 0.3) is 10.9 Å². The van der Waals surface area contributed by atoms with Crippen molar-refractivity contribution in [3.05, 3.63) is 41.6 Å². The molecule has 19 heavy (non-hydrogen) atoms. The Hall–Kier alpha value is -1.45. The normalized spacial score (nSPS) is 13.7. The molecule has 0 aliphatic carbocycles. The maximum atomic E-state index is 9.75. The Morgan fingerprint density at radius 1 is 1.32 bits per heavy atom. The van der Waals surface area contributed by atoms with Gasteiger partial charge in [-0.1, -0.05) is 18.2 Å². The zero-order chi connectivity index (χ0) is 14.0. The number of hydrogen-bond acceptors (Lipinski definition) is 3. The number of pyridine rings is 1. The number of aliphatic hydroxyl groups is 1. The van der Waals surface area contributed by atoms with Crippen molar-refractivity contribution < 1.29 is 5.11 Å². The van der Waals surface area contributed by atoms with Gasteiger partial charge in [0, 0.05) is 23.2 Å². The molecule has 102 valence electrons. The summed E-state index contributed by atoms with van der Waals surface area (Å²) in [5.74, 6) is 0. The first kappa shape index (κ1) is 14.0. The minimum Gasteiger partial charge on any atom is -0.392 e. The quantitative estimate of drug-likeness (QED) is 0.886. The van der Waals surface area contributed by atoms with E-state index in [-0.39, 0.29) is 5.54 Å². The summed E-state index contributed by atoms with van der Waals surface area (Å²) in [5.41, 5.74) is 2.95. The standard InChI is InChI=1S/C16H22N2O/c1-11-9-13(10-17-16(3,4)12(2)19)14-7-5-6-8-15(14)18-11/h5-9,12,17,19H,10H2,1-4H3. The zero-order valence-electron chi connectivity index (χ0n) is 12.1. The molecule has 0 saturated heterocycles. The molecule has 1 aromatic heterocycles. The van der Waals surface area contributed by atoms with Gasteiger partial charge in [0.2, 0.25) is 0 Å². The molecule has 1 atom stereocenters. The number of fused-ring (bicyclic) bond motifs is 1. The Kier molecular flexibility index (Phi) is 3.88. The highest BCUT2D eigenvalue weighted by Crippen LogP contribution is 2.19. The van der Waals surface area contributed by atoms with E-state index in [0.717, 1.165) is 17.8 Å². The molecule has 3 heteroatoms.